The Morgan fingerprint density at radius 3 is 2.17 bits per heavy atom. The zero-order valence-corrected chi connectivity index (χ0v) is 6.45. The minimum atomic E-state index is -0.773. The van der Waals surface area contributed by atoms with Crippen LogP contribution in [0.25, 0.3) is 0 Å². The fourth-order valence-electron chi connectivity index (χ4n) is 0. The molecule has 0 saturated carbocycles. The van der Waals surface area contributed by atoms with Gasteiger partial charge in [-0.05, 0) is 0 Å². The largest absolute Gasteiger partial charge is 1.00 e. The first-order valence-electron chi connectivity index (χ1n) is 1.01. The molecule has 32 valence electrons. The van der Waals surface area contributed by atoms with Crippen LogP contribution in [0.4, 0.5) is 4.79 Å². The fourth-order valence-corrected chi connectivity index (χ4v) is 0. The standard InChI is InChI=1S/C2H3ClO2.Na.H/c1-5-2(3)4;;/h1H3;;/q;+1;-1. The summed E-state index contributed by atoms with van der Waals surface area (Å²) in [6.07, 6.45) is 0. The first-order valence-corrected chi connectivity index (χ1v) is 1.38. The Morgan fingerprint density at radius 2 is 2.17 bits per heavy atom. The van der Waals surface area contributed by atoms with Crippen molar-refractivity contribution in [2.24, 2.45) is 0 Å². The number of carbonyl (C=O) groups is 1. The summed E-state index contributed by atoms with van der Waals surface area (Å²) in [7, 11) is 1.22. The van der Waals surface area contributed by atoms with E-state index in [1.165, 1.54) is 7.11 Å². The van der Waals surface area contributed by atoms with Gasteiger partial charge in [-0.2, -0.15) is 0 Å². The van der Waals surface area contributed by atoms with Crippen molar-refractivity contribution in [3.8, 4) is 0 Å². The van der Waals surface area contributed by atoms with Crippen LogP contribution in [-0.4, -0.2) is 12.5 Å². The molecule has 0 aromatic heterocycles. The van der Waals surface area contributed by atoms with E-state index in [0.29, 0.717) is 0 Å². The number of ether oxygens (including phenoxy) is 1. The molecule has 0 unspecified atom stereocenters. The average molecular weight is 118 g/mol. The van der Waals surface area contributed by atoms with Crippen molar-refractivity contribution < 1.29 is 40.5 Å². The van der Waals surface area contributed by atoms with Crippen LogP contribution < -0.4 is 29.6 Å². The van der Waals surface area contributed by atoms with E-state index in [-0.39, 0.29) is 31.0 Å². The molecule has 0 spiro atoms. The van der Waals surface area contributed by atoms with Crippen LogP contribution in [0.1, 0.15) is 1.43 Å². The number of carbonyl (C=O) groups excluding carboxylic acids is 1. The number of methoxy groups -OCH3 is 1. The maximum Gasteiger partial charge on any atom is 1.00 e. The maximum atomic E-state index is 9.36. The summed E-state index contributed by atoms with van der Waals surface area (Å²) in [5.41, 5.74) is -0.773. The van der Waals surface area contributed by atoms with E-state index in [4.69, 9.17) is 0 Å². The third-order valence-corrected chi connectivity index (χ3v) is 0.315. The molecule has 0 bridgehead atoms. The average Bonchev–Trinajstić information content (AvgIpc) is 1.38. The summed E-state index contributed by atoms with van der Waals surface area (Å²) in [5.74, 6) is 0. The van der Waals surface area contributed by atoms with E-state index >= 15 is 0 Å². The summed E-state index contributed by atoms with van der Waals surface area (Å²) in [6, 6.07) is 0. The predicted octanol–water partition coefficient (Wildman–Crippen LogP) is -1.89. The molecule has 0 fully saturated rings. The molecule has 0 saturated heterocycles. The molecule has 0 aromatic rings. The van der Waals surface area contributed by atoms with Gasteiger partial charge >= 0.3 is 35.0 Å². The molecular weight excluding hydrogens is 114 g/mol. The van der Waals surface area contributed by atoms with Crippen molar-refractivity contribution in [2.45, 2.75) is 0 Å². The molecule has 0 N–H and O–H groups in total. The molecule has 0 radical (unpaired) electrons. The quantitative estimate of drug-likeness (QED) is 0.275. The second-order valence-corrected chi connectivity index (χ2v) is 0.750. The van der Waals surface area contributed by atoms with Crippen molar-refractivity contribution in [2.75, 3.05) is 7.11 Å². The first kappa shape index (κ1) is 9.90. The summed E-state index contributed by atoms with van der Waals surface area (Å²) in [4.78, 5) is 9.36. The van der Waals surface area contributed by atoms with Crippen LogP contribution >= 0.6 is 11.6 Å². The molecule has 0 aliphatic heterocycles. The van der Waals surface area contributed by atoms with Crippen molar-refractivity contribution in [3.05, 3.63) is 0 Å². The Kier molecular flexibility index (Phi) is 9.50. The SMILES string of the molecule is COC(=O)Cl.[H-].[Na+]. The zero-order valence-electron chi connectivity index (χ0n) is 4.69. The van der Waals surface area contributed by atoms with Crippen molar-refractivity contribution >= 4 is 17.0 Å². The Labute approximate surface area is 64.6 Å². The molecular formula is C2H4ClNaO2. The number of rotatable bonds is 0. The normalized spacial score (nSPS) is 5.67. The molecule has 0 atom stereocenters. The molecule has 6 heavy (non-hydrogen) atoms. The van der Waals surface area contributed by atoms with Gasteiger partial charge in [-0.25, -0.2) is 4.79 Å². The Bertz CT molecular complexity index is 51.0. The van der Waals surface area contributed by atoms with Crippen molar-refractivity contribution in [1.29, 1.82) is 0 Å². The van der Waals surface area contributed by atoms with E-state index in [1.54, 1.807) is 0 Å². The van der Waals surface area contributed by atoms with Gasteiger partial charge in [0, 0.05) is 11.6 Å². The summed E-state index contributed by atoms with van der Waals surface area (Å²) in [6.45, 7) is 0. The fraction of sp³-hybridized carbons (Fsp3) is 0.500. The van der Waals surface area contributed by atoms with E-state index in [1.807, 2.05) is 0 Å². The molecule has 2 nitrogen and oxygen atoms in total. The molecule has 4 heteroatoms. The van der Waals surface area contributed by atoms with Gasteiger partial charge in [-0.15, -0.1) is 0 Å². The van der Waals surface area contributed by atoms with E-state index < -0.39 is 5.43 Å². The first-order chi connectivity index (χ1) is 2.27. The number of hydrogen-bond acceptors (Lipinski definition) is 2. The Balaban J connectivity index is -0.0000000800. The van der Waals surface area contributed by atoms with Gasteiger partial charge in [0.1, 0.15) is 0 Å². The van der Waals surface area contributed by atoms with Gasteiger partial charge in [0.05, 0.1) is 7.11 Å². The molecule has 0 rings (SSSR count). The molecule has 0 aromatic carbocycles. The monoisotopic (exact) mass is 118 g/mol. The Hall–Kier alpha value is 0.760. The van der Waals surface area contributed by atoms with Gasteiger partial charge in [0.15, 0.2) is 0 Å². The minimum Gasteiger partial charge on any atom is -1.00 e. The molecule has 0 aliphatic rings. The smallest absolute Gasteiger partial charge is 1.00 e. The van der Waals surface area contributed by atoms with Crippen molar-refractivity contribution in [1.82, 2.24) is 0 Å². The topological polar surface area (TPSA) is 26.3 Å². The van der Waals surface area contributed by atoms with Gasteiger partial charge in [0.25, 0.3) is 0 Å². The molecule has 0 aliphatic carbocycles. The zero-order chi connectivity index (χ0) is 4.28. The van der Waals surface area contributed by atoms with E-state index in [9.17, 15) is 4.79 Å². The van der Waals surface area contributed by atoms with Gasteiger partial charge in [-0.1, -0.05) is 0 Å². The van der Waals surface area contributed by atoms with E-state index in [0.717, 1.165) is 0 Å². The second kappa shape index (κ2) is 5.76. The van der Waals surface area contributed by atoms with Gasteiger partial charge in [0.2, 0.25) is 0 Å². The van der Waals surface area contributed by atoms with Crippen LogP contribution in [-0.2, 0) is 4.74 Å². The minimum absolute atomic E-state index is 0. The number of halogens is 1. The van der Waals surface area contributed by atoms with Crippen LogP contribution in [0, 0.1) is 0 Å². The third kappa shape index (κ3) is 8.83. The van der Waals surface area contributed by atoms with Gasteiger partial charge in [-0.3, -0.25) is 0 Å². The number of hydrogen-bond donors (Lipinski definition) is 0. The summed E-state index contributed by atoms with van der Waals surface area (Å²) >= 11 is 4.60. The second-order valence-electron chi connectivity index (χ2n) is 0.442. The third-order valence-electron chi connectivity index (χ3n) is 0.160. The van der Waals surface area contributed by atoms with Crippen LogP contribution in [0.2, 0.25) is 0 Å². The summed E-state index contributed by atoms with van der Waals surface area (Å²) in [5, 5.41) is 0. The molecule has 0 amide bonds. The Morgan fingerprint density at radius 1 is 2.00 bits per heavy atom. The maximum absolute atomic E-state index is 9.36. The van der Waals surface area contributed by atoms with Gasteiger partial charge < -0.3 is 6.16 Å². The molecule has 0 heterocycles. The summed E-state index contributed by atoms with van der Waals surface area (Å²) < 4.78 is 3.88. The van der Waals surface area contributed by atoms with Crippen molar-refractivity contribution in [3.63, 3.8) is 0 Å². The van der Waals surface area contributed by atoms with Crippen LogP contribution in [0.15, 0.2) is 0 Å². The predicted molar refractivity (Wildman–Crippen MR) is 19.4 cm³/mol. The van der Waals surface area contributed by atoms with Crippen LogP contribution in [0.5, 0.6) is 0 Å². The van der Waals surface area contributed by atoms with E-state index in [2.05, 4.69) is 16.3 Å². The van der Waals surface area contributed by atoms with Crippen LogP contribution in [0.3, 0.4) is 0 Å².